The third-order valence-electron chi connectivity index (χ3n) is 2.93. The van der Waals surface area contributed by atoms with Crippen molar-refractivity contribution in [2.75, 3.05) is 19.8 Å². The average Bonchev–Trinajstić information content (AvgIpc) is 2.73. The zero-order valence-electron chi connectivity index (χ0n) is 9.15. The van der Waals surface area contributed by atoms with Crippen molar-refractivity contribution in [2.45, 2.75) is 18.9 Å². The molecule has 0 saturated carbocycles. The van der Waals surface area contributed by atoms with Gasteiger partial charge in [0.05, 0.1) is 19.8 Å². The third kappa shape index (κ3) is 1.61. The standard InChI is InChI=1S/C11H14O5/c1-3-15-10(13)8-5-14-6-11(8)4-7(2)9(12)16-11/h8H,2-6H2,1H3. The lowest BCUT2D eigenvalue weighted by molar-refractivity contribution is -0.161. The first-order valence-corrected chi connectivity index (χ1v) is 5.24. The minimum atomic E-state index is -0.875. The van der Waals surface area contributed by atoms with Crippen LogP contribution in [-0.2, 0) is 23.8 Å². The molecule has 5 nitrogen and oxygen atoms in total. The quantitative estimate of drug-likeness (QED) is 0.505. The third-order valence-corrected chi connectivity index (χ3v) is 2.93. The summed E-state index contributed by atoms with van der Waals surface area (Å²) in [7, 11) is 0. The van der Waals surface area contributed by atoms with Gasteiger partial charge in [-0.25, -0.2) is 4.79 Å². The van der Waals surface area contributed by atoms with E-state index < -0.39 is 17.5 Å². The molecule has 2 rings (SSSR count). The van der Waals surface area contributed by atoms with Gasteiger partial charge in [-0.15, -0.1) is 0 Å². The van der Waals surface area contributed by atoms with Crippen molar-refractivity contribution in [3.8, 4) is 0 Å². The number of hydrogen-bond acceptors (Lipinski definition) is 5. The molecule has 0 N–H and O–H groups in total. The Kier molecular flexibility index (Phi) is 2.71. The lowest BCUT2D eigenvalue weighted by atomic mass is 9.87. The molecule has 2 atom stereocenters. The summed E-state index contributed by atoms with van der Waals surface area (Å²) < 4.78 is 15.4. The van der Waals surface area contributed by atoms with Crippen LogP contribution in [0, 0.1) is 5.92 Å². The number of carbonyl (C=O) groups is 2. The van der Waals surface area contributed by atoms with Crippen LogP contribution in [0.15, 0.2) is 12.2 Å². The number of carbonyl (C=O) groups excluding carboxylic acids is 2. The topological polar surface area (TPSA) is 61.8 Å². The maximum absolute atomic E-state index is 11.7. The lowest BCUT2D eigenvalue weighted by Gasteiger charge is -2.25. The molecule has 0 aromatic carbocycles. The fourth-order valence-electron chi connectivity index (χ4n) is 2.13. The molecule has 2 unspecified atom stereocenters. The molecule has 0 bridgehead atoms. The van der Waals surface area contributed by atoms with Gasteiger partial charge in [0.2, 0.25) is 0 Å². The minimum absolute atomic E-state index is 0.236. The van der Waals surface area contributed by atoms with Crippen LogP contribution in [0.1, 0.15) is 13.3 Å². The largest absolute Gasteiger partial charge is 0.466 e. The van der Waals surface area contributed by atoms with Crippen LogP contribution in [0.25, 0.3) is 0 Å². The highest BCUT2D eigenvalue weighted by atomic mass is 16.6. The first-order valence-electron chi connectivity index (χ1n) is 5.24. The van der Waals surface area contributed by atoms with E-state index in [4.69, 9.17) is 14.2 Å². The lowest BCUT2D eigenvalue weighted by Crippen LogP contribution is -2.42. The van der Waals surface area contributed by atoms with E-state index in [-0.39, 0.29) is 19.2 Å². The Morgan fingerprint density at radius 3 is 3.00 bits per heavy atom. The maximum Gasteiger partial charge on any atom is 0.334 e. The molecular formula is C11H14O5. The number of hydrogen-bond donors (Lipinski definition) is 0. The minimum Gasteiger partial charge on any atom is -0.466 e. The van der Waals surface area contributed by atoms with E-state index in [1.165, 1.54) is 0 Å². The number of ether oxygens (including phenoxy) is 3. The van der Waals surface area contributed by atoms with E-state index >= 15 is 0 Å². The maximum atomic E-state index is 11.7. The van der Waals surface area contributed by atoms with Gasteiger partial charge < -0.3 is 14.2 Å². The summed E-state index contributed by atoms with van der Waals surface area (Å²) in [4.78, 5) is 23.0. The van der Waals surface area contributed by atoms with E-state index in [9.17, 15) is 9.59 Å². The second kappa shape index (κ2) is 3.90. The number of esters is 2. The van der Waals surface area contributed by atoms with Crippen LogP contribution in [0.4, 0.5) is 0 Å². The van der Waals surface area contributed by atoms with Crippen molar-refractivity contribution in [1.82, 2.24) is 0 Å². The van der Waals surface area contributed by atoms with Gasteiger partial charge >= 0.3 is 11.9 Å². The van der Waals surface area contributed by atoms with Crippen molar-refractivity contribution in [1.29, 1.82) is 0 Å². The highest BCUT2D eigenvalue weighted by molar-refractivity contribution is 5.91. The molecular weight excluding hydrogens is 212 g/mol. The van der Waals surface area contributed by atoms with Crippen molar-refractivity contribution < 1.29 is 23.8 Å². The molecule has 2 heterocycles. The first-order chi connectivity index (χ1) is 7.59. The summed E-state index contributed by atoms with van der Waals surface area (Å²) >= 11 is 0. The van der Waals surface area contributed by atoms with Gasteiger partial charge in [-0.2, -0.15) is 0 Å². The highest BCUT2D eigenvalue weighted by Crippen LogP contribution is 2.41. The molecule has 5 heteroatoms. The molecule has 2 aliphatic rings. The summed E-state index contributed by atoms with van der Waals surface area (Å²) in [5.41, 5.74) is -0.486. The van der Waals surface area contributed by atoms with Gasteiger partial charge in [0.1, 0.15) is 5.92 Å². The van der Waals surface area contributed by atoms with Crippen molar-refractivity contribution in [3.05, 3.63) is 12.2 Å². The van der Waals surface area contributed by atoms with Crippen LogP contribution in [0.2, 0.25) is 0 Å². The normalized spacial score (nSPS) is 33.2. The molecule has 0 aliphatic carbocycles. The van der Waals surface area contributed by atoms with Gasteiger partial charge in [0, 0.05) is 12.0 Å². The monoisotopic (exact) mass is 226 g/mol. The summed E-state index contributed by atoms with van der Waals surface area (Å²) in [6.45, 7) is 6.13. The molecule has 0 amide bonds. The molecule has 0 aromatic heterocycles. The summed E-state index contributed by atoms with van der Waals surface area (Å²) in [6, 6.07) is 0. The van der Waals surface area contributed by atoms with Crippen molar-refractivity contribution in [3.63, 3.8) is 0 Å². The summed E-state index contributed by atoms with van der Waals surface area (Å²) in [5, 5.41) is 0. The van der Waals surface area contributed by atoms with Gasteiger partial charge in [-0.3, -0.25) is 4.79 Å². The van der Waals surface area contributed by atoms with Crippen molar-refractivity contribution >= 4 is 11.9 Å². The first kappa shape index (κ1) is 11.1. The highest BCUT2D eigenvalue weighted by Gasteiger charge is 2.56. The summed E-state index contributed by atoms with van der Waals surface area (Å²) in [5.74, 6) is -1.35. The van der Waals surface area contributed by atoms with E-state index in [0.29, 0.717) is 18.6 Å². The van der Waals surface area contributed by atoms with Crippen LogP contribution < -0.4 is 0 Å². The Balaban J connectivity index is 2.17. The van der Waals surface area contributed by atoms with Crippen LogP contribution in [0.3, 0.4) is 0 Å². The smallest absolute Gasteiger partial charge is 0.334 e. The van der Waals surface area contributed by atoms with Gasteiger partial charge in [-0.05, 0) is 6.92 Å². The molecule has 16 heavy (non-hydrogen) atoms. The molecule has 0 radical (unpaired) electrons. The number of rotatable bonds is 2. The molecule has 1 spiro atoms. The Morgan fingerprint density at radius 1 is 1.69 bits per heavy atom. The van der Waals surface area contributed by atoms with Gasteiger partial charge in [-0.1, -0.05) is 6.58 Å². The predicted molar refractivity (Wildman–Crippen MR) is 53.5 cm³/mol. The zero-order valence-corrected chi connectivity index (χ0v) is 9.15. The van der Waals surface area contributed by atoms with Crippen LogP contribution >= 0.6 is 0 Å². The molecule has 88 valence electrons. The zero-order chi connectivity index (χ0) is 11.8. The van der Waals surface area contributed by atoms with E-state index in [1.54, 1.807) is 6.92 Å². The fraction of sp³-hybridized carbons (Fsp3) is 0.636. The predicted octanol–water partition coefficient (Wildman–Crippen LogP) is 0.438. The molecule has 0 aromatic rings. The SMILES string of the molecule is C=C1CC2(COCC2C(=O)OCC)OC1=O. The molecule has 2 saturated heterocycles. The fourth-order valence-corrected chi connectivity index (χ4v) is 2.13. The van der Waals surface area contributed by atoms with E-state index in [1.807, 2.05) is 0 Å². The van der Waals surface area contributed by atoms with Gasteiger partial charge in [0.15, 0.2) is 5.60 Å². The Morgan fingerprint density at radius 2 is 2.44 bits per heavy atom. The average molecular weight is 226 g/mol. The van der Waals surface area contributed by atoms with Crippen LogP contribution in [-0.4, -0.2) is 37.4 Å². The van der Waals surface area contributed by atoms with Crippen molar-refractivity contribution in [2.24, 2.45) is 5.92 Å². The van der Waals surface area contributed by atoms with Crippen LogP contribution in [0.5, 0.6) is 0 Å². The van der Waals surface area contributed by atoms with E-state index in [2.05, 4.69) is 6.58 Å². The second-order valence-corrected chi connectivity index (χ2v) is 4.05. The molecule has 2 fully saturated rings. The Bertz CT molecular complexity index is 330. The van der Waals surface area contributed by atoms with E-state index in [0.717, 1.165) is 0 Å². The Labute approximate surface area is 93.4 Å². The van der Waals surface area contributed by atoms with Gasteiger partial charge in [0.25, 0.3) is 0 Å². The summed E-state index contributed by atoms with van der Waals surface area (Å²) in [6.07, 6.45) is 0.343. The second-order valence-electron chi connectivity index (χ2n) is 4.05. The Hall–Kier alpha value is -1.36. The molecule has 2 aliphatic heterocycles.